The minimum Gasteiger partial charge on any atom is -0.396 e. The van der Waals surface area contributed by atoms with Crippen molar-refractivity contribution in [1.82, 2.24) is 4.90 Å². The van der Waals surface area contributed by atoms with Gasteiger partial charge in [0.15, 0.2) is 0 Å². The molecule has 2 rings (SSSR count). The zero-order valence-electron chi connectivity index (χ0n) is 11.3. The number of hydrogen-bond acceptors (Lipinski definition) is 2. The van der Waals surface area contributed by atoms with E-state index in [2.05, 4.69) is 0 Å². The molecule has 19 heavy (non-hydrogen) atoms. The maximum atomic E-state index is 13.1. The number of aliphatic hydroxyl groups excluding tert-OH is 1. The molecular weight excluding hydrogens is 252 g/mol. The van der Waals surface area contributed by atoms with Crippen molar-refractivity contribution in [3.63, 3.8) is 0 Å². The number of amides is 1. The van der Waals surface area contributed by atoms with E-state index in [4.69, 9.17) is 5.11 Å². The van der Waals surface area contributed by atoms with Gasteiger partial charge < -0.3 is 10.0 Å². The summed E-state index contributed by atoms with van der Waals surface area (Å²) in [5.41, 5.74) is 0. The summed E-state index contributed by atoms with van der Waals surface area (Å²) in [6.07, 6.45) is 3.00. The fourth-order valence-corrected chi connectivity index (χ4v) is 3.17. The van der Waals surface area contributed by atoms with Gasteiger partial charge in [0.2, 0.25) is 11.8 Å². The molecule has 1 saturated carbocycles. The molecule has 1 aliphatic carbocycles. The van der Waals surface area contributed by atoms with Gasteiger partial charge in [-0.3, -0.25) is 4.79 Å². The van der Waals surface area contributed by atoms with E-state index in [1.807, 2.05) is 4.90 Å². The maximum absolute atomic E-state index is 13.1. The van der Waals surface area contributed by atoms with Crippen molar-refractivity contribution in [3.05, 3.63) is 0 Å². The van der Waals surface area contributed by atoms with Crippen LogP contribution in [0.15, 0.2) is 0 Å². The van der Waals surface area contributed by atoms with E-state index in [1.54, 1.807) is 0 Å². The van der Waals surface area contributed by atoms with Gasteiger partial charge in [-0.1, -0.05) is 0 Å². The molecule has 0 atom stereocenters. The SMILES string of the molecule is O=C(C1CCC(F)(F)CC1)N1CCC(CCO)CC1. The molecule has 1 heterocycles. The van der Waals surface area contributed by atoms with E-state index in [0.717, 1.165) is 32.4 Å². The quantitative estimate of drug-likeness (QED) is 0.859. The Balaban J connectivity index is 1.78. The summed E-state index contributed by atoms with van der Waals surface area (Å²) in [6, 6.07) is 0. The number of hydrogen-bond donors (Lipinski definition) is 1. The van der Waals surface area contributed by atoms with Crippen LogP contribution < -0.4 is 0 Å². The normalized spacial score (nSPS) is 25.5. The molecule has 0 radical (unpaired) electrons. The second-order valence-corrected chi connectivity index (χ2v) is 5.91. The van der Waals surface area contributed by atoms with Crippen LogP contribution in [0.1, 0.15) is 44.9 Å². The van der Waals surface area contributed by atoms with Gasteiger partial charge in [0.05, 0.1) is 0 Å². The second kappa shape index (κ2) is 6.16. The molecular formula is C14H23F2NO2. The van der Waals surface area contributed by atoms with Crippen LogP contribution in [0.3, 0.4) is 0 Å². The lowest BCUT2D eigenvalue weighted by Crippen LogP contribution is -2.43. The molecule has 0 aromatic carbocycles. The Bertz CT molecular complexity index is 305. The van der Waals surface area contributed by atoms with Crippen LogP contribution >= 0.6 is 0 Å². The first-order valence-corrected chi connectivity index (χ1v) is 7.29. The summed E-state index contributed by atoms with van der Waals surface area (Å²) in [5.74, 6) is -2.19. The van der Waals surface area contributed by atoms with Gasteiger partial charge >= 0.3 is 0 Å². The molecule has 5 heteroatoms. The highest BCUT2D eigenvalue weighted by molar-refractivity contribution is 5.79. The molecule has 0 spiro atoms. The molecule has 2 aliphatic rings. The molecule has 1 saturated heterocycles. The molecule has 1 amide bonds. The first-order valence-electron chi connectivity index (χ1n) is 7.29. The molecule has 110 valence electrons. The van der Waals surface area contributed by atoms with Gasteiger partial charge in [-0.2, -0.15) is 0 Å². The Labute approximate surface area is 113 Å². The van der Waals surface area contributed by atoms with Crippen molar-refractivity contribution >= 4 is 5.91 Å². The van der Waals surface area contributed by atoms with E-state index < -0.39 is 5.92 Å². The van der Waals surface area contributed by atoms with Crippen LogP contribution in [0, 0.1) is 11.8 Å². The predicted octanol–water partition coefficient (Wildman–Crippen LogP) is 2.43. The van der Waals surface area contributed by atoms with Crippen molar-refractivity contribution in [2.45, 2.75) is 50.9 Å². The maximum Gasteiger partial charge on any atom is 0.248 e. The largest absolute Gasteiger partial charge is 0.396 e. The summed E-state index contributed by atoms with van der Waals surface area (Å²) in [5, 5.41) is 8.89. The number of alkyl halides is 2. The average Bonchev–Trinajstić information content (AvgIpc) is 2.39. The summed E-state index contributed by atoms with van der Waals surface area (Å²) in [6.45, 7) is 1.64. The number of aliphatic hydroxyl groups is 1. The molecule has 1 N–H and O–H groups in total. The minimum absolute atomic E-state index is 0.0675. The molecule has 0 unspecified atom stereocenters. The zero-order chi connectivity index (χ0) is 13.9. The Morgan fingerprint density at radius 3 is 2.26 bits per heavy atom. The van der Waals surface area contributed by atoms with Crippen molar-refractivity contribution < 1.29 is 18.7 Å². The first-order chi connectivity index (χ1) is 9.02. The lowest BCUT2D eigenvalue weighted by Gasteiger charge is -2.36. The Morgan fingerprint density at radius 1 is 1.16 bits per heavy atom. The molecule has 1 aliphatic heterocycles. The lowest BCUT2D eigenvalue weighted by atomic mass is 9.85. The Kier molecular flexibility index (Phi) is 4.76. The van der Waals surface area contributed by atoms with Crippen LogP contribution in [0.2, 0.25) is 0 Å². The van der Waals surface area contributed by atoms with E-state index >= 15 is 0 Å². The number of halogens is 2. The van der Waals surface area contributed by atoms with Crippen LogP contribution in [-0.2, 0) is 4.79 Å². The number of carbonyl (C=O) groups excluding carboxylic acids is 1. The molecule has 0 aromatic rings. The van der Waals surface area contributed by atoms with Gasteiger partial charge in [0, 0.05) is 38.5 Å². The molecule has 3 nitrogen and oxygen atoms in total. The summed E-state index contributed by atoms with van der Waals surface area (Å²) >= 11 is 0. The highest BCUT2D eigenvalue weighted by Crippen LogP contribution is 2.37. The van der Waals surface area contributed by atoms with Gasteiger partial charge in [-0.15, -0.1) is 0 Å². The topological polar surface area (TPSA) is 40.5 Å². The average molecular weight is 275 g/mol. The third kappa shape index (κ3) is 3.88. The van der Waals surface area contributed by atoms with E-state index in [-0.39, 0.29) is 31.3 Å². The lowest BCUT2D eigenvalue weighted by molar-refractivity contribution is -0.141. The van der Waals surface area contributed by atoms with Gasteiger partial charge in [0.1, 0.15) is 0 Å². The van der Waals surface area contributed by atoms with E-state index in [0.29, 0.717) is 18.8 Å². The third-order valence-electron chi connectivity index (χ3n) is 4.53. The monoisotopic (exact) mass is 275 g/mol. The smallest absolute Gasteiger partial charge is 0.248 e. The summed E-state index contributed by atoms with van der Waals surface area (Å²) in [7, 11) is 0. The van der Waals surface area contributed by atoms with Crippen LogP contribution in [0.4, 0.5) is 8.78 Å². The molecule has 0 aromatic heterocycles. The molecule has 0 bridgehead atoms. The fraction of sp³-hybridized carbons (Fsp3) is 0.929. The standard InChI is InChI=1S/C14H23F2NO2/c15-14(16)6-1-12(2-7-14)13(19)17-8-3-11(4-9-17)5-10-18/h11-12,18H,1-10H2. The Hall–Kier alpha value is -0.710. The predicted molar refractivity (Wildman–Crippen MR) is 67.9 cm³/mol. The number of rotatable bonds is 3. The molecule has 2 fully saturated rings. The zero-order valence-corrected chi connectivity index (χ0v) is 11.3. The van der Waals surface area contributed by atoms with Crippen molar-refractivity contribution in [1.29, 1.82) is 0 Å². The number of piperidine rings is 1. The van der Waals surface area contributed by atoms with E-state index in [1.165, 1.54) is 0 Å². The first kappa shape index (κ1) is 14.7. The van der Waals surface area contributed by atoms with Gasteiger partial charge in [0.25, 0.3) is 0 Å². The minimum atomic E-state index is -2.56. The highest BCUT2D eigenvalue weighted by atomic mass is 19.3. The third-order valence-corrected chi connectivity index (χ3v) is 4.53. The summed E-state index contributed by atoms with van der Waals surface area (Å²) < 4.78 is 26.1. The summed E-state index contributed by atoms with van der Waals surface area (Å²) in [4.78, 5) is 14.1. The number of nitrogens with zero attached hydrogens (tertiary/aromatic N) is 1. The van der Waals surface area contributed by atoms with E-state index in [9.17, 15) is 13.6 Å². The highest BCUT2D eigenvalue weighted by Gasteiger charge is 2.39. The second-order valence-electron chi connectivity index (χ2n) is 5.91. The van der Waals surface area contributed by atoms with Crippen LogP contribution in [0.25, 0.3) is 0 Å². The van der Waals surface area contributed by atoms with Crippen LogP contribution in [0.5, 0.6) is 0 Å². The van der Waals surface area contributed by atoms with Crippen molar-refractivity contribution in [3.8, 4) is 0 Å². The fourth-order valence-electron chi connectivity index (χ4n) is 3.17. The van der Waals surface area contributed by atoms with Crippen molar-refractivity contribution in [2.75, 3.05) is 19.7 Å². The van der Waals surface area contributed by atoms with Gasteiger partial charge in [-0.05, 0) is 38.0 Å². The number of likely N-dealkylation sites (tertiary alicyclic amines) is 1. The van der Waals surface area contributed by atoms with Crippen LogP contribution in [-0.4, -0.2) is 41.5 Å². The number of carbonyl (C=O) groups is 1. The van der Waals surface area contributed by atoms with Gasteiger partial charge in [-0.25, -0.2) is 8.78 Å². The Morgan fingerprint density at radius 2 is 1.74 bits per heavy atom. The van der Waals surface area contributed by atoms with Crippen molar-refractivity contribution in [2.24, 2.45) is 11.8 Å².